The maximum absolute atomic E-state index is 11.7. The lowest BCUT2D eigenvalue weighted by Gasteiger charge is -2.23. The van der Waals surface area contributed by atoms with Crippen LogP contribution in [-0.2, 0) is 4.79 Å². The highest BCUT2D eigenvalue weighted by molar-refractivity contribution is 5.77. The molecule has 2 N–H and O–H groups in total. The number of carbonyl (C=O) groups is 1. The minimum absolute atomic E-state index is 0.0544. The number of rotatable bonds is 5. The molecule has 0 unspecified atom stereocenters. The molecule has 0 radical (unpaired) electrons. The number of nitrogens with zero attached hydrogens (tertiary/aromatic N) is 1. The Kier molecular flexibility index (Phi) is 4.89. The van der Waals surface area contributed by atoms with Crippen molar-refractivity contribution in [1.29, 1.82) is 0 Å². The number of carbonyl (C=O) groups excluding carboxylic acids is 1. The zero-order chi connectivity index (χ0) is 14.4. The number of ether oxygens (including phenoxy) is 1. The Balaban J connectivity index is 1.80. The fourth-order valence-electron chi connectivity index (χ4n) is 2.07. The van der Waals surface area contributed by atoms with E-state index in [0.717, 1.165) is 25.9 Å². The van der Waals surface area contributed by atoms with E-state index in [9.17, 15) is 14.9 Å². The number of hydrogen-bond acceptors (Lipinski definition) is 5. The highest BCUT2D eigenvalue weighted by atomic mass is 16.6. The molecule has 0 aliphatic carbocycles. The summed E-state index contributed by atoms with van der Waals surface area (Å²) in [4.78, 5) is 21.8. The molecule has 2 rings (SSSR count). The van der Waals surface area contributed by atoms with Gasteiger partial charge in [-0.1, -0.05) is 6.07 Å². The van der Waals surface area contributed by atoms with Crippen LogP contribution in [0.25, 0.3) is 0 Å². The first-order valence-electron chi connectivity index (χ1n) is 6.52. The Labute approximate surface area is 116 Å². The number of nitro groups is 1. The van der Waals surface area contributed by atoms with E-state index in [1.54, 1.807) is 6.07 Å². The fourth-order valence-corrected chi connectivity index (χ4v) is 2.07. The predicted molar refractivity (Wildman–Crippen MR) is 72.6 cm³/mol. The third-order valence-electron chi connectivity index (χ3n) is 3.10. The largest absolute Gasteiger partial charge is 0.484 e. The van der Waals surface area contributed by atoms with Crippen molar-refractivity contribution >= 4 is 11.6 Å². The van der Waals surface area contributed by atoms with E-state index >= 15 is 0 Å². The maximum atomic E-state index is 11.7. The lowest BCUT2D eigenvalue weighted by Crippen LogP contribution is -2.44. The van der Waals surface area contributed by atoms with Crippen molar-refractivity contribution in [3.05, 3.63) is 34.4 Å². The number of amides is 1. The van der Waals surface area contributed by atoms with E-state index in [1.165, 1.54) is 18.2 Å². The Hall–Kier alpha value is -2.15. The van der Waals surface area contributed by atoms with Gasteiger partial charge in [-0.15, -0.1) is 0 Å². The molecule has 7 nitrogen and oxygen atoms in total. The van der Waals surface area contributed by atoms with Gasteiger partial charge in [0.2, 0.25) is 0 Å². The third kappa shape index (κ3) is 4.20. The van der Waals surface area contributed by atoms with Crippen LogP contribution in [0.2, 0.25) is 0 Å². The molecule has 20 heavy (non-hydrogen) atoms. The number of nitrogens with one attached hydrogen (secondary N) is 2. The van der Waals surface area contributed by atoms with Gasteiger partial charge in [0, 0.05) is 12.1 Å². The maximum Gasteiger partial charge on any atom is 0.273 e. The summed E-state index contributed by atoms with van der Waals surface area (Å²) in [5.41, 5.74) is -0.0544. The fraction of sp³-hybridized carbons (Fsp3) is 0.462. The Morgan fingerprint density at radius 3 is 2.90 bits per heavy atom. The number of nitro benzene ring substituents is 1. The highest BCUT2D eigenvalue weighted by Crippen LogP contribution is 2.18. The quantitative estimate of drug-likeness (QED) is 0.615. The van der Waals surface area contributed by atoms with Gasteiger partial charge in [-0.25, -0.2) is 0 Å². The molecule has 0 atom stereocenters. The molecule has 0 bridgehead atoms. The first-order chi connectivity index (χ1) is 9.65. The molecular weight excluding hydrogens is 262 g/mol. The van der Waals surface area contributed by atoms with Gasteiger partial charge in [0.05, 0.1) is 11.0 Å². The minimum Gasteiger partial charge on any atom is -0.484 e. The second-order valence-corrected chi connectivity index (χ2v) is 4.63. The average molecular weight is 279 g/mol. The van der Waals surface area contributed by atoms with Gasteiger partial charge in [-0.3, -0.25) is 14.9 Å². The van der Waals surface area contributed by atoms with Crippen LogP contribution in [0.3, 0.4) is 0 Å². The van der Waals surface area contributed by atoms with Crippen LogP contribution < -0.4 is 15.4 Å². The number of piperidine rings is 1. The van der Waals surface area contributed by atoms with Crippen molar-refractivity contribution < 1.29 is 14.5 Å². The topological polar surface area (TPSA) is 93.5 Å². The Bertz CT molecular complexity index is 486. The summed E-state index contributed by atoms with van der Waals surface area (Å²) in [6.45, 7) is 1.67. The van der Waals surface area contributed by atoms with Crippen molar-refractivity contribution in [2.45, 2.75) is 18.9 Å². The molecule has 1 amide bonds. The molecule has 1 fully saturated rings. The molecule has 0 aromatic heterocycles. The van der Waals surface area contributed by atoms with Gasteiger partial charge >= 0.3 is 0 Å². The van der Waals surface area contributed by atoms with Crippen LogP contribution in [0.4, 0.5) is 5.69 Å². The summed E-state index contributed by atoms with van der Waals surface area (Å²) in [5.74, 6) is 0.114. The van der Waals surface area contributed by atoms with Crippen molar-refractivity contribution in [2.75, 3.05) is 19.7 Å². The lowest BCUT2D eigenvalue weighted by molar-refractivity contribution is -0.384. The second-order valence-electron chi connectivity index (χ2n) is 4.63. The average Bonchev–Trinajstić information content (AvgIpc) is 2.46. The van der Waals surface area contributed by atoms with E-state index in [0.29, 0.717) is 5.75 Å². The smallest absolute Gasteiger partial charge is 0.273 e. The van der Waals surface area contributed by atoms with Gasteiger partial charge in [-0.05, 0) is 32.0 Å². The summed E-state index contributed by atoms with van der Waals surface area (Å²) >= 11 is 0. The standard InChI is InChI=1S/C13H17N3O4/c17-13(15-10-4-6-14-7-5-10)9-20-12-3-1-2-11(8-12)16(18)19/h1-3,8,10,14H,4-7,9H2,(H,15,17). The zero-order valence-electron chi connectivity index (χ0n) is 11.0. The van der Waals surface area contributed by atoms with Crippen molar-refractivity contribution in [3.63, 3.8) is 0 Å². The van der Waals surface area contributed by atoms with Crippen LogP contribution in [0.1, 0.15) is 12.8 Å². The van der Waals surface area contributed by atoms with E-state index < -0.39 is 4.92 Å². The Morgan fingerprint density at radius 1 is 1.45 bits per heavy atom. The van der Waals surface area contributed by atoms with Crippen molar-refractivity contribution in [3.8, 4) is 5.75 Å². The summed E-state index contributed by atoms with van der Waals surface area (Å²) in [5, 5.41) is 16.7. The number of hydrogen-bond donors (Lipinski definition) is 2. The molecule has 1 aromatic carbocycles. The molecule has 1 saturated heterocycles. The molecule has 1 heterocycles. The highest BCUT2D eigenvalue weighted by Gasteiger charge is 2.15. The first kappa shape index (κ1) is 14.3. The van der Waals surface area contributed by atoms with E-state index in [2.05, 4.69) is 10.6 Å². The summed E-state index contributed by atoms with van der Waals surface area (Å²) in [6.07, 6.45) is 1.81. The summed E-state index contributed by atoms with van der Waals surface area (Å²) in [6, 6.07) is 5.97. The molecule has 7 heteroatoms. The van der Waals surface area contributed by atoms with E-state index in [4.69, 9.17) is 4.74 Å². The van der Waals surface area contributed by atoms with Gasteiger partial charge in [0.1, 0.15) is 5.75 Å². The molecule has 1 aliphatic rings. The van der Waals surface area contributed by atoms with E-state index in [1.807, 2.05) is 0 Å². The van der Waals surface area contributed by atoms with Gasteiger partial charge in [-0.2, -0.15) is 0 Å². The van der Waals surface area contributed by atoms with Crippen molar-refractivity contribution in [1.82, 2.24) is 10.6 Å². The first-order valence-corrected chi connectivity index (χ1v) is 6.52. The van der Waals surface area contributed by atoms with Crippen LogP contribution in [-0.4, -0.2) is 36.6 Å². The van der Waals surface area contributed by atoms with Gasteiger partial charge < -0.3 is 15.4 Å². The number of benzene rings is 1. The normalized spacial score (nSPS) is 15.6. The zero-order valence-corrected chi connectivity index (χ0v) is 11.0. The number of non-ortho nitro benzene ring substituents is 1. The molecule has 108 valence electrons. The van der Waals surface area contributed by atoms with Crippen LogP contribution in [0.5, 0.6) is 5.75 Å². The van der Waals surface area contributed by atoms with Crippen molar-refractivity contribution in [2.24, 2.45) is 0 Å². The van der Waals surface area contributed by atoms with Crippen LogP contribution in [0.15, 0.2) is 24.3 Å². The van der Waals surface area contributed by atoms with Crippen LogP contribution >= 0.6 is 0 Å². The Morgan fingerprint density at radius 2 is 2.20 bits per heavy atom. The van der Waals surface area contributed by atoms with Gasteiger partial charge in [0.25, 0.3) is 11.6 Å². The second kappa shape index (κ2) is 6.85. The van der Waals surface area contributed by atoms with E-state index in [-0.39, 0.29) is 24.2 Å². The molecule has 0 spiro atoms. The lowest BCUT2D eigenvalue weighted by atomic mass is 10.1. The summed E-state index contributed by atoms with van der Waals surface area (Å²) in [7, 11) is 0. The molecule has 1 aliphatic heterocycles. The summed E-state index contributed by atoms with van der Waals surface area (Å²) < 4.78 is 5.27. The molecular formula is C13H17N3O4. The van der Waals surface area contributed by atoms with Crippen LogP contribution in [0, 0.1) is 10.1 Å². The minimum atomic E-state index is -0.498. The predicted octanol–water partition coefficient (Wildman–Crippen LogP) is 0.842. The molecule has 0 saturated carbocycles. The molecule has 1 aromatic rings. The SMILES string of the molecule is O=C(COc1cccc([N+](=O)[O-])c1)NC1CCNCC1. The third-order valence-corrected chi connectivity index (χ3v) is 3.10. The van der Waals surface area contributed by atoms with Gasteiger partial charge in [0.15, 0.2) is 6.61 Å². The monoisotopic (exact) mass is 279 g/mol.